The van der Waals surface area contributed by atoms with E-state index in [4.69, 9.17) is 5.26 Å². The molecule has 0 aliphatic heterocycles. The molecule has 0 aliphatic rings. The molecule has 0 atom stereocenters. The highest BCUT2D eigenvalue weighted by Crippen LogP contribution is 2.23. The first-order valence-corrected chi connectivity index (χ1v) is 4.70. The number of nitrogens with one attached hydrogen (secondary N) is 1. The number of aromatic hydroxyl groups is 1. The fraction of sp³-hybridized carbons (Fsp3) is 0.182. The van der Waals surface area contributed by atoms with Gasteiger partial charge in [0.25, 0.3) is 0 Å². The fourth-order valence-corrected chi connectivity index (χ4v) is 1.07. The van der Waals surface area contributed by atoms with Crippen LogP contribution >= 0.6 is 0 Å². The number of methoxy groups -OCH3 is 1. The topological polar surface area (TPSA) is 94.7 Å². The van der Waals surface area contributed by atoms with Crippen molar-refractivity contribution in [3.63, 3.8) is 0 Å². The second-order valence-corrected chi connectivity index (χ2v) is 3.20. The SMILES string of the molecule is COC(=O)/C(C#N)=N\Nc1cc(C)ccc1O. The average Bonchev–Trinajstić information content (AvgIpc) is 2.33. The molecule has 0 aliphatic carbocycles. The van der Waals surface area contributed by atoms with E-state index < -0.39 is 11.7 Å². The molecule has 1 aromatic carbocycles. The molecular weight excluding hydrogens is 222 g/mol. The maximum absolute atomic E-state index is 11.0. The fourth-order valence-electron chi connectivity index (χ4n) is 1.07. The highest BCUT2D eigenvalue weighted by atomic mass is 16.5. The number of hydrazone groups is 1. The lowest BCUT2D eigenvalue weighted by molar-refractivity contribution is -0.132. The van der Waals surface area contributed by atoms with Gasteiger partial charge in [0.2, 0.25) is 5.71 Å². The van der Waals surface area contributed by atoms with E-state index in [1.165, 1.54) is 6.07 Å². The summed E-state index contributed by atoms with van der Waals surface area (Å²) >= 11 is 0. The van der Waals surface area contributed by atoms with E-state index in [0.29, 0.717) is 5.69 Å². The Morgan fingerprint density at radius 3 is 2.88 bits per heavy atom. The van der Waals surface area contributed by atoms with Crippen molar-refractivity contribution in [3.05, 3.63) is 23.8 Å². The molecule has 0 amide bonds. The number of nitriles is 1. The maximum Gasteiger partial charge on any atom is 0.369 e. The summed E-state index contributed by atoms with van der Waals surface area (Å²) in [4.78, 5) is 11.0. The van der Waals surface area contributed by atoms with Crippen molar-refractivity contribution in [3.8, 4) is 11.8 Å². The largest absolute Gasteiger partial charge is 0.506 e. The molecule has 0 spiro atoms. The van der Waals surface area contributed by atoms with Crippen LogP contribution in [0.3, 0.4) is 0 Å². The van der Waals surface area contributed by atoms with Gasteiger partial charge < -0.3 is 9.84 Å². The first-order valence-electron chi connectivity index (χ1n) is 4.70. The molecule has 0 bridgehead atoms. The molecule has 0 aromatic heterocycles. The normalized spacial score (nSPS) is 10.5. The Labute approximate surface area is 98.1 Å². The number of rotatable bonds is 3. The number of carbonyl (C=O) groups is 1. The zero-order chi connectivity index (χ0) is 12.8. The van der Waals surface area contributed by atoms with Crippen LogP contribution in [-0.4, -0.2) is 23.9 Å². The van der Waals surface area contributed by atoms with E-state index in [1.807, 2.05) is 6.92 Å². The highest BCUT2D eigenvalue weighted by molar-refractivity contribution is 6.43. The van der Waals surface area contributed by atoms with E-state index in [9.17, 15) is 9.90 Å². The number of nitrogens with zero attached hydrogens (tertiary/aromatic N) is 2. The molecule has 0 radical (unpaired) electrons. The minimum Gasteiger partial charge on any atom is -0.506 e. The number of phenols is 1. The summed E-state index contributed by atoms with van der Waals surface area (Å²) in [6, 6.07) is 6.42. The molecule has 0 saturated carbocycles. The molecule has 0 saturated heterocycles. The van der Waals surface area contributed by atoms with E-state index >= 15 is 0 Å². The van der Waals surface area contributed by atoms with E-state index in [1.54, 1.807) is 18.2 Å². The van der Waals surface area contributed by atoms with Gasteiger partial charge in [-0.15, -0.1) is 0 Å². The number of phenolic OH excluding ortho intramolecular Hbond substituents is 1. The summed E-state index contributed by atoms with van der Waals surface area (Å²) in [7, 11) is 1.15. The Morgan fingerprint density at radius 1 is 1.59 bits per heavy atom. The van der Waals surface area contributed by atoms with Crippen molar-refractivity contribution >= 4 is 17.4 Å². The van der Waals surface area contributed by atoms with Crippen LogP contribution < -0.4 is 5.43 Å². The van der Waals surface area contributed by atoms with Gasteiger partial charge in [-0.1, -0.05) is 6.07 Å². The molecule has 0 unspecified atom stereocenters. The second-order valence-electron chi connectivity index (χ2n) is 3.20. The molecule has 0 fully saturated rings. The molecule has 17 heavy (non-hydrogen) atoms. The molecule has 1 rings (SSSR count). The predicted molar refractivity (Wildman–Crippen MR) is 61.5 cm³/mol. The Kier molecular flexibility index (Phi) is 4.06. The molecule has 6 heteroatoms. The summed E-state index contributed by atoms with van der Waals surface area (Å²) in [6.07, 6.45) is 0. The minimum atomic E-state index is -0.841. The summed E-state index contributed by atoms with van der Waals surface area (Å²) < 4.78 is 4.35. The maximum atomic E-state index is 11.0. The third-order valence-electron chi connectivity index (χ3n) is 1.92. The van der Waals surface area contributed by atoms with Crippen molar-refractivity contribution in [2.24, 2.45) is 5.10 Å². The lowest BCUT2D eigenvalue weighted by Gasteiger charge is -2.04. The minimum absolute atomic E-state index is 0.0264. The third kappa shape index (κ3) is 3.21. The van der Waals surface area contributed by atoms with Gasteiger partial charge in [0.05, 0.1) is 12.8 Å². The predicted octanol–water partition coefficient (Wildman–Crippen LogP) is 1.17. The quantitative estimate of drug-likeness (QED) is 0.353. The molecular formula is C11H11N3O3. The molecule has 1 aromatic rings. The Morgan fingerprint density at radius 2 is 2.29 bits per heavy atom. The van der Waals surface area contributed by atoms with Gasteiger partial charge in [-0.3, -0.25) is 5.43 Å². The summed E-state index contributed by atoms with van der Waals surface area (Å²) in [6.45, 7) is 1.83. The van der Waals surface area contributed by atoms with Gasteiger partial charge >= 0.3 is 5.97 Å². The number of hydrogen-bond acceptors (Lipinski definition) is 6. The van der Waals surface area contributed by atoms with E-state index in [-0.39, 0.29) is 5.75 Å². The van der Waals surface area contributed by atoms with Gasteiger partial charge in [0.15, 0.2) is 0 Å². The van der Waals surface area contributed by atoms with Crippen LogP contribution in [0, 0.1) is 18.3 Å². The second kappa shape index (κ2) is 5.51. The van der Waals surface area contributed by atoms with Crippen molar-refractivity contribution < 1.29 is 14.6 Å². The Balaban J connectivity index is 2.92. The average molecular weight is 233 g/mol. The number of aryl methyl sites for hydroxylation is 1. The van der Waals surface area contributed by atoms with Gasteiger partial charge in [-0.25, -0.2) is 4.79 Å². The van der Waals surface area contributed by atoms with E-state index in [0.717, 1.165) is 12.7 Å². The zero-order valence-corrected chi connectivity index (χ0v) is 9.39. The third-order valence-corrected chi connectivity index (χ3v) is 1.92. The van der Waals surface area contributed by atoms with Crippen LogP contribution in [0.2, 0.25) is 0 Å². The Hall–Kier alpha value is -2.55. The number of hydrogen-bond donors (Lipinski definition) is 2. The molecule has 6 nitrogen and oxygen atoms in total. The first kappa shape index (κ1) is 12.5. The molecule has 88 valence electrons. The van der Waals surface area contributed by atoms with Gasteiger partial charge in [-0.05, 0) is 24.6 Å². The van der Waals surface area contributed by atoms with Crippen LogP contribution in [0.5, 0.6) is 5.75 Å². The number of esters is 1. The highest BCUT2D eigenvalue weighted by Gasteiger charge is 2.10. The smallest absolute Gasteiger partial charge is 0.369 e. The number of anilines is 1. The van der Waals surface area contributed by atoms with Crippen LogP contribution in [-0.2, 0) is 9.53 Å². The number of benzene rings is 1. The van der Waals surface area contributed by atoms with Crippen molar-refractivity contribution in [1.29, 1.82) is 5.26 Å². The van der Waals surface area contributed by atoms with Crippen molar-refractivity contribution in [1.82, 2.24) is 0 Å². The van der Waals surface area contributed by atoms with E-state index in [2.05, 4.69) is 15.3 Å². The lowest BCUT2D eigenvalue weighted by Crippen LogP contribution is -2.15. The molecule has 2 N–H and O–H groups in total. The summed E-state index contributed by atoms with van der Waals surface area (Å²) in [5.74, 6) is -0.867. The standard InChI is InChI=1S/C11H11N3O3/c1-7-3-4-10(15)8(5-7)13-14-9(6-12)11(16)17-2/h3-5,13,15H,1-2H3/b14-9-. The molecule has 0 heterocycles. The monoisotopic (exact) mass is 233 g/mol. The van der Waals surface area contributed by atoms with Crippen LogP contribution in [0.1, 0.15) is 5.56 Å². The summed E-state index contributed by atoms with van der Waals surface area (Å²) in [5, 5.41) is 21.7. The van der Waals surface area contributed by atoms with Gasteiger partial charge in [0, 0.05) is 0 Å². The first-order chi connectivity index (χ1) is 8.08. The number of carbonyl (C=O) groups excluding carboxylic acids is 1. The van der Waals surface area contributed by atoms with Crippen LogP contribution in [0.15, 0.2) is 23.3 Å². The summed E-state index contributed by atoms with van der Waals surface area (Å²) in [5.41, 5.74) is 3.22. The lowest BCUT2D eigenvalue weighted by atomic mass is 10.2. The van der Waals surface area contributed by atoms with Gasteiger partial charge in [0.1, 0.15) is 11.8 Å². The van der Waals surface area contributed by atoms with Crippen molar-refractivity contribution in [2.75, 3.05) is 12.5 Å². The Bertz CT molecular complexity index is 503. The zero-order valence-electron chi connectivity index (χ0n) is 9.39. The number of ether oxygens (including phenoxy) is 1. The van der Waals surface area contributed by atoms with Gasteiger partial charge in [-0.2, -0.15) is 10.4 Å². The van der Waals surface area contributed by atoms with Crippen LogP contribution in [0.25, 0.3) is 0 Å². The van der Waals surface area contributed by atoms with Crippen LogP contribution in [0.4, 0.5) is 5.69 Å². The van der Waals surface area contributed by atoms with Crippen molar-refractivity contribution in [2.45, 2.75) is 6.92 Å².